The number of aryl methyl sites for hydroxylation is 2. The molecule has 0 saturated carbocycles. The topological polar surface area (TPSA) is 32.3 Å². The Hall–Kier alpha value is -2.03. The van der Waals surface area contributed by atoms with Gasteiger partial charge in [0.25, 0.3) is 0 Å². The van der Waals surface area contributed by atoms with Gasteiger partial charge in [0, 0.05) is 17.3 Å². The molecule has 2 rings (SSSR count). The highest BCUT2D eigenvalue weighted by atomic mass is 19.1. The molecule has 1 unspecified atom stereocenters. The minimum Gasteiger partial charge on any atom is -0.507 e. The lowest BCUT2D eigenvalue weighted by atomic mass is 10.0. The Labute approximate surface area is 119 Å². The molecule has 2 aromatic rings. The van der Waals surface area contributed by atoms with Crippen LogP contribution in [-0.4, -0.2) is 5.11 Å². The second kappa shape index (κ2) is 5.53. The van der Waals surface area contributed by atoms with E-state index in [1.165, 1.54) is 0 Å². The number of halogens is 1. The SMILES string of the molecule is Cc1ccc(C(C)Nc2ccc(C)c(O)c2C)cc1F. The van der Waals surface area contributed by atoms with E-state index in [0.29, 0.717) is 11.3 Å². The van der Waals surface area contributed by atoms with Crippen molar-refractivity contribution >= 4 is 5.69 Å². The van der Waals surface area contributed by atoms with Crippen LogP contribution >= 0.6 is 0 Å². The minimum absolute atomic E-state index is 0.0362. The summed E-state index contributed by atoms with van der Waals surface area (Å²) in [5.74, 6) is 0.108. The fourth-order valence-electron chi connectivity index (χ4n) is 2.19. The standard InChI is InChI=1S/C17H20FNO/c1-10-5-7-14(9-15(10)18)13(4)19-16-8-6-11(2)17(20)12(16)3/h5-9,13,19-20H,1-4H3. The van der Waals surface area contributed by atoms with Gasteiger partial charge in [-0.15, -0.1) is 0 Å². The van der Waals surface area contributed by atoms with Crippen LogP contribution in [0.25, 0.3) is 0 Å². The van der Waals surface area contributed by atoms with E-state index in [1.54, 1.807) is 19.1 Å². The van der Waals surface area contributed by atoms with E-state index in [0.717, 1.165) is 22.4 Å². The quantitative estimate of drug-likeness (QED) is 0.854. The van der Waals surface area contributed by atoms with Crippen LogP contribution in [0.3, 0.4) is 0 Å². The molecule has 2 nitrogen and oxygen atoms in total. The van der Waals surface area contributed by atoms with Crippen LogP contribution in [0, 0.1) is 26.6 Å². The van der Waals surface area contributed by atoms with Gasteiger partial charge in [-0.1, -0.05) is 18.2 Å². The highest BCUT2D eigenvalue weighted by Crippen LogP contribution is 2.30. The summed E-state index contributed by atoms with van der Waals surface area (Å²) in [6, 6.07) is 9.02. The van der Waals surface area contributed by atoms with Crippen LogP contribution in [-0.2, 0) is 0 Å². The Balaban J connectivity index is 2.25. The fourth-order valence-corrected chi connectivity index (χ4v) is 2.19. The molecule has 2 aromatic carbocycles. The maximum atomic E-state index is 13.6. The average molecular weight is 273 g/mol. The summed E-state index contributed by atoms with van der Waals surface area (Å²) in [6.45, 7) is 7.46. The molecular weight excluding hydrogens is 253 g/mol. The largest absolute Gasteiger partial charge is 0.507 e. The molecule has 0 aliphatic carbocycles. The van der Waals surface area contributed by atoms with Gasteiger partial charge in [0.05, 0.1) is 0 Å². The summed E-state index contributed by atoms with van der Waals surface area (Å²) < 4.78 is 13.6. The first-order valence-electron chi connectivity index (χ1n) is 6.72. The van der Waals surface area contributed by atoms with Crippen molar-refractivity contribution in [3.63, 3.8) is 0 Å². The van der Waals surface area contributed by atoms with Crippen LogP contribution in [0.4, 0.5) is 10.1 Å². The summed E-state index contributed by atoms with van der Waals surface area (Å²) in [7, 11) is 0. The monoisotopic (exact) mass is 273 g/mol. The third kappa shape index (κ3) is 2.77. The molecular formula is C17H20FNO. The molecule has 0 saturated heterocycles. The lowest BCUT2D eigenvalue weighted by molar-refractivity contribution is 0.467. The van der Waals surface area contributed by atoms with Gasteiger partial charge in [-0.3, -0.25) is 0 Å². The van der Waals surface area contributed by atoms with Crippen molar-refractivity contribution < 1.29 is 9.50 Å². The third-order valence-electron chi connectivity index (χ3n) is 3.70. The number of benzene rings is 2. The molecule has 0 heterocycles. The van der Waals surface area contributed by atoms with E-state index in [-0.39, 0.29) is 11.9 Å². The predicted molar refractivity (Wildman–Crippen MR) is 80.8 cm³/mol. The molecule has 106 valence electrons. The van der Waals surface area contributed by atoms with Gasteiger partial charge < -0.3 is 10.4 Å². The third-order valence-corrected chi connectivity index (χ3v) is 3.70. The minimum atomic E-state index is -0.195. The zero-order valence-corrected chi connectivity index (χ0v) is 12.3. The predicted octanol–water partition coefficient (Wildman–Crippen LogP) is 4.63. The van der Waals surface area contributed by atoms with Crippen LogP contribution in [0.1, 0.15) is 35.2 Å². The number of rotatable bonds is 3. The van der Waals surface area contributed by atoms with Crippen LogP contribution in [0.5, 0.6) is 5.75 Å². The van der Waals surface area contributed by atoms with Crippen molar-refractivity contribution in [2.75, 3.05) is 5.32 Å². The number of hydrogen-bond donors (Lipinski definition) is 2. The molecule has 0 amide bonds. The number of hydrogen-bond acceptors (Lipinski definition) is 2. The van der Waals surface area contributed by atoms with E-state index >= 15 is 0 Å². The van der Waals surface area contributed by atoms with Crippen molar-refractivity contribution in [1.82, 2.24) is 0 Å². The van der Waals surface area contributed by atoms with Crippen molar-refractivity contribution in [1.29, 1.82) is 0 Å². The number of phenols is 1. The molecule has 0 aliphatic rings. The highest BCUT2D eigenvalue weighted by Gasteiger charge is 2.11. The smallest absolute Gasteiger partial charge is 0.126 e. The Bertz CT molecular complexity index is 637. The maximum absolute atomic E-state index is 13.6. The maximum Gasteiger partial charge on any atom is 0.126 e. The van der Waals surface area contributed by atoms with E-state index < -0.39 is 0 Å². The molecule has 0 bridgehead atoms. The zero-order valence-electron chi connectivity index (χ0n) is 12.3. The average Bonchev–Trinajstić information content (AvgIpc) is 2.42. The van der Waals surface area contributed by atoms with E-state index in [9.17, 15) is 9.50 Å². The van der Waals surface area contributed by atoms with E-state index in [1.807, 2.05) is 39.0 Å². The number of aromatic hydroxyl groups is 1. The van der Waals surface area contributed by atoms with Gasteiger partial charge in [-0.05, 0) is 56.5 Å². The second-order valence-corrected chi connectivity index (χ2v) is 5.28. The van der Waals surface area contributed by atoms with Gasteiger partial charge in [-0.2, -0.15) is 0 Å². The Morgan fingerprint density at radius 2 is 1.70 bits per heavy atom. The van der Waals surface area contributed by atoms with Gasteiger partial charge in [-0.25, -0.2) is 4.39 Å². The van der Waals surface area contributed by atoms with Crippen molar-refractivity contribution in [3.05, 3.63) is 58.4 Å². The molecule has 3 heteroatoms. The normalized spacial score (nSPS) is 12.2. The van der Waals surface area contributed by atoms with Crippen LogP contribution < -0.4 is 5.32 Å². The molecule has 2 N–H and O–H groups in total. The highest BCUT2D eigenvalue weighted by molar-refractivity contribution is 5.59. The molecule has 0 aliphatic heterocycles. The molecule has 0 fully saturated rings. The molecule has 0 radical (unpaired) electrons. The van der Waals surface area contributed by atoms with Crippen molar-refractivity contribution in [2.45, 2.75) is 33.7 Å². The van der Waals surface area contributed by atoms with E-state index in [2.05, 4.69) is 5.32 Å². The van der Waals surface area contributed by atoms with Crippen LogP contribution in [0.15, 0.2) is 30.3 Å². The Kier molecular flexibility index (Phi) is 3.98. The number of nitrogens with one attached hydrogen (secondary N) is 1. The number of phenolic OH excluding ortho intramolecular Hbond substituents is 1. The molecule has 20 heavy (non-hydrogen) atoms. The second-order valence-electron chi connectivity index (χ2n) is 5.28. The summed E-state index contributed by atoms with van der Waals surface area (Å²) in [4.78, 5) is 0. The molecule has 0 spiro atoms. The summed E-state index contributed by atoms with van der Waals surface area (Å²) in [6.07, 6.45) is 0. The first kappa shape index (κ1) is 14.4. The van der Waals surface area contributed by atoms with Gasteiger partial charge in [0.1, 0.15) is 11.6 Å². The van der Waals surface area contributed by atoms with E-state index in [4.69, 9.17) is 0 Å². The summed E-state index contributed by atoms with van der Waals surface area (Å²) in [5.41, 5.74) is 4.05. The fraction of sp³-hybridized carbons (Fsp3) is 0.294. The first-order chi connectivity index (χ1) is 9.40. The van der Waals surface area contributed by atoms with Crippen LogP contribution in [0.2, 0.25) is 0 Å². The Morgan fingerprint density at radius 1 is 1.05 bits per heavy atom. The lowest BCUT2D eigenvalue weighted by Gasteiger charge is -2.19. The van der Waals surface area contributed by atoms with Crippen molar-refractivity contribution in [3.8, 4) is 5.75 Å². The first-order valence-corrected chi connectivity index (χ1v) is 6.72. The molecule has 0 aromatic heterocycles. The lowest BCUT2D eigenvalue weighted by Crippen LogP contribution is -2.08. The van der Waals surface area contributed by atoms with Gasteiger partial charge >= 0.3 is 0 Å². The van der Waals surface area contributed by atoms with Gasteiger partial charge in [0.15, 0.2) is 0 Å². The summed E-state index contributed by atoms with van der Waals surface area (Å²) in [5, 5.41) is 13.3. The number of anilines is 1. The zero-order chi connectivity index (χ0) is 14.9. The molecule has 1 atom stereocenters. The van der Waals surface area contributed by atoms with Crippen molar-refractivity contribution in [2.24, 2.45) is 0 Å². The van der Waals surface area contributed by atoms with Gasteiger partial charge in [0.2, 0.25) is 0 Å². The Morgan fingerprint density at radius 3 is 2.35 bits per heavy atom. The summed E-state index contributed by atoms with van der Waals surface area (Å²) >= 11 is 0.